The van der Waals surface area contributed by atoms with Crippen LogP contribution < -0.4 is 21.7 Å². The Labute approximate surface area is 453 Å². The Kier molecular flexibility index (Phi) is 56.4. The Morgan fingerprint density at radius 2 is 0.787 bits per heavy atom. The predicted octanol–water partition coefficient (Wildman–Crippen LogP) is 3.04. The van der Waals surface area contributed by atoms with Gasteiger partial charge in [0, 0.05) is 26.2 Å². The standard InChI is InChI=1S/C15H29NO6.C11H21NO6.C9H19NO4.C6H11BrO2.C4H11NO2.C2HBO2/c1-14(2,3)21-12(17)11-20-10-9-19-8-7-16-13(18)22-15(4,5)6;1-11(2,3)18-10(15)12-4-5-16-6-7-17-8-9(13)14;1-9(2,3)14-8(12)10-4-6-13-7-5-11;1-6(2,3)9-5(8)4-7;5-1-3-7-4-2-6;4-2-1-3-5/h7-11H2,1-6H3,(H,16,18);4-8H2,1-3H3,(H,12,15)(H,13,14);11H,4-7H2,1-3H3,(H,10,12);4H2,1-3H3;6H,1-5H2;4H. The van der Waals surface area contributed by atoms with Crippen LogP contribution in [0.1, 0.15) is 104 Å². The summed E-state index contributed by atoms with van der Waals surface area (Å²) in [5.74, 6) is 0.100. The number of carbonyl (C=O) groups excluding carboxylic acids is 5. The van der Waals surface area contributed by atoms with Gasteiger partial charge >= 0.3 is 65.1 Å². The predicted molar refractivity (Wildman–Crippen MR) is 280 cm³/mol. The van der Waals surface area contributed by atoms with E-state index in [1.165, 1.54) is 6.11 Å². The molecular formula is C47H92BBrN4O22. The van der Waals surface area contributed by atoms with Gasteiger partial charge in [-0.15, -0.1) is 0 Å². The van der Waals surface area contributed by atoms with Gasteiger partial charge in [-0.3, -0.25) is 4.79 Å². The second kappa shape index (κ2) is 51.7. The Morgan fingerprint density at radius 3 is 1.04 bits per heavy atom. The zero-order valence-electron chi connectivity index (χ0n) is 47.1. The van der Waals surface area contributed by atoms with Crippen LogP contribution in [0.4, 0.5) is 14.4 Å². The summed E-state index contributed by atoms with van der Waals surface area (Å²) in [7, 11) is 0.319. The van der Waals surface area contributed by atoms with Crippen LogP contribution in [0.15, 0.2) is 0 Å². The van der Waals surface area contributed by atoms with Gasteiger partial charge in [0.1, 0.15) is 46.5 Å². The molecule has 0 unspecified atom stereocenters. The maximum absolute atomic E-state index is 11.3. The molecule has 0 aliphatic carbocycles. The first-order chi connectivity index (χ1) is 34.5. The van der Waals surface area contributed by atoms with Crippen LogP contribution in [0.5, 0.6) is 0 Å². The Morgan fingerprint density at radius 1 is 0.480 bits per heavy atom. The van der Waals surface area contributed by atoms with Crippen LogP contribution in [-0.2, 0) is 71.2 Å². The summed E-state index contributed by atoms with van der Waals surface area (Å²) < 4.78 is 64.1. The third-order valence-corrected chi connectivity index (χ3v) is 6.20. The second-order valence-corrected chi connectivity index (χ2v) is 19.7. The molecule has 3 amide bonds. The average Bonchev–Trinajstić information content (AvgIpc) is 3.24. The summed E-state index contributed by atoms with van der Waals surface area (Å²) in [6, 6.07) is 0. The molecule has 26 nitrogen and oxygen atoms in total. The quantitative estimate of drug-likeness (QED) is 0.0154. The molecule has 0 atom stereocenters. The Balaban J connectivity index is -0.000000203. The summed E-state index contributed by atoms with van der Waals surface area (Å²) in [6.07, 6.45) is -0.0214. The number of ether oxygens (including phenoxy) is 11. The molecule has 28 heteroatoms. The molecule has 9 N–H and O–H groups in total. The number of aliphatic carboxylic acids is 1. The number of carboxylic acid groups (broad SMARTS) is 1. The number of esters is 2. The molecule has 0 rings (SSSR count). The molecule has 0 spiro atoms. The molecule has 75 heavy (non-hydrogen) atoms. The van der Waals surface area contributed by atoms with Crippen LogP contribution in [0.3, 0.4) is 0 Å². The van der Waals surface area contributed by atoms with Crippen molar-refractivity contribution in [2.45, 2.75) is 132 Å². The number of alkyl halides is 1. The molecule has 0 aromatic heterocycles. The Hall–Kier alpha value is -4.44. The molecule has 0 saturated carbocycles. The molecule has 0 aromatic rings. The first kappa shape index (κ1) is 81.9. The van der Waals surface area contributed by atoms with Crippen molar-refractivity contribution in [3.8, 4) is 11.9 Å². The van der Waals surface area contributed by atoms with Gasteiger partial charge in [-0.25, -0.2) is 24.0 Å². The van der Waals surface area contributed by atoms with Gasteiger partial charge in [-0.2, -0.15) is 0 Å². The van der Waals surface area contributed by atoms with Gasteiger partial charge in [-0.1, -0.05) is 15.9 Å². The van der Waals surface area contributed by atoms with E-state index in [0.717, 1.165) is 0 Å². The van der Waals surface area contributed by atoms with Gasteiger partial charge in [0.05, 0.1) is 79.3 Å². The fraction of sp³-hybridized carbons (Fsp3) is 0.830. The third kappa shape index (κ3) is 95.8. The van der Waals surface area contributed by atoms with Gasteiger partial charge in [0.2, 0.25) is 0 Å². The van der Waals surface area contributed by atoms with Crippen molar-refractivity contribution in [1.29, 1.82) is 0 Å². The van der Waals surface area contributed by atoms with Crippen molar-refractivity contribution < 1.29 is 106 Å². The van der Waals surface area contributed by atoms with Crippen molar-refractivity contribution in [3.63, 3.8) is 0 Å². The summed E-state index contributed by atoms with van der Waals surface area (Å²) in [5.41, 5.74) is 2.69. The Bertz CT molecular complexity index is 1480. The van der Waals surface area contributed by atoms with E-state index in [1.807, 2.05) is 20.8 Å². The van der Waals surface area contributed by atoms with Crippen LogP contribution in [-0.4, -0.2) is 216 Å². The summed E-state index contributed by atoms with van der Waals surface area (Å²) >= 11 is 2.99. The van der Waals surface area contributed by atoms with Gasteiger partial charge in [0.25, 0.3) is 0 Å². The molecule has 0 aliphatic heterocycles. The van der Waals surface area contributed by atoms with E-state index >= 15 is 0 Å². The maximum atomic E-state index is 11.3. The normalized spacial score (nSPS) is 10.7. The number of amides is 3. The number of carbonyl (C=O) groups is 6. The van der Waals surface area contributed by atoms with E-state index in [1.54, 1.807) is 88.9 Å². The fourth-order valence-electron chi connectivity index (χ4n) is 3.56. The van der Waals surface area contributed by atoms with Crippen molar-refractivity contribution in [1.82, 2.24) is 16.0 Å². The third-order valence-electron chi connectivity index (χ3n) is 5.74. The fourth-order valence-corrected chi connectivity index (χ4v) is 3.67. The van der Waals surface area contributed by atoms with Crippen molar-refractivity contribution in [2.24, 2.45) is 5.73 Å². The SMILES string of the molecule is CC(C)(C)OC(=O)CBr.CC(C)(C)OC(=O)COCCOCCNC(=O)OC(C)(C)C.CC(C)(C)OC(=O)NCCOCCO.CC(C)(C)OC(=O)NCCOCCOCC(=O)O.NCCOCCO.O=BC#CO. The summed E-state index contributed by atoms with van der Waals surface area (Å²) in [6.45, 7) is 31.6. The second-order valence-electron chi connectivity index (χ2n) is 19.2. The van der Waals surface area contributed by atoms with Crippen LogP contribution in [0.25, 0.3) is 0 Å². The zero-order valence-corrected chi connectivity index (χ0v) is 48.7. The molecule has 0 aliphatic rings. The number of nitrogens with one attached hydrogen (secondary N) is 3. The van der Waals surface area contributed by atoms with Crippen molar-refractivity contribution in [3.05, 3.63) is 0 Å². The van der Waals surface area contributed by atoms with E-state index in [2.05, 4.69) is 31.9 Å². The number of aliphatic hydroxyl groups is 3. The molecular weight excluding hydrogens is 1060 g/mol. The molecule has 0 fully saturated rings. The number of aliphatic hydroxyl groups excluding tert-OH is 3. The number of rotatable bonds is 26. The van der Waals surface area contributed by atoms with Gasteiger partial charge in [0.15, 0.2) is 0 Å². The van der Waals surface area contributed by atoms with E-state index in [9.17, 15) is 28.8 Å². The molecule has 0 saturated heterocycles. The topological polar surface area (TPSA) is 364 Å². The molecule has 442 valence electrons. The van der Waals surface area contributed by atoms with Crippen LogP contribution in [0.2, 0.25) is 0 Å². The summed E-state index contributed by atoms with van der Waals surface area (Å²) in [4.78, 5) is 65.5. The minimum atomic E-state index is -1.01. The van der Waals surface area contributed by atoms with Crippen LogP contribution in [0, 0.1) is 11.9 Å². The van der Waals surface area contributed by atoms with Crippen molar-refractivity contribution in [2.75, 3.05) is 124 Å². The van der Waals surface area contributed by atoms with E-state index < -0.39 is 52.6 Å². The molecule has 0 bridgehead atoms. The molecule has 0 heterocycles. The first-order valence-electron chi connectivity index (χ1n) is 23.6. The van der Waals surface area contributed by atoms with E-state index in [4.69, 9.17) is 83.0 Å². The van der Waals surface area contributed by atoms with Gasteiger partial charge in [-0.05, 0) is 104 Å². The molecule has 0 radical (unpaired) electrons. The van der Waals surface area contributed by atoms with Crippen molar-refractivity contribution >= 4 is 59.3 Å². The van der Waals surface area contributed by atoms with Crippen LogP contribution >= 0.6 is 15.9 Å². The number of hydrogen-bond donors (Lipinski definition) is 8. The zero-order chi connectivity index (χ0) is 59.4. The first-order valence-corrected chi connectivity index (χ1v) is 24.8. The number of hydrogen-bond acceptors (Lipinski definition) is 22. The monoisotopic (exact) mass is 1150 g/mol. The van der Waals surface area contributed by atoms with E-state index in [-0.39, 0.29) is 69.8 Å². The number of carboxylic acids is 1. The van der Waals surface area contributed by atoms with E-state index in [0.29, 0.717) is 73.0 Å². The number of alkyl carbamates (subject to hydrolysis) is 3. The average molecular weight is 1160 g/mol. The number of nitrogens with two attached hydrogens (primary N) is 1. The van der Waals surface area contributed by atoms with Gasteiger partial charge < -0.3 is 89.1 Å². The minimum absolute atomic E-state index is 0.00750. The summed E-state index contributed by atoms with van der Waals surface area (Å²) in [5, 5.41) is 40.2. The molecule has 0 aromatic carbocycles. The number of halogens is 1.